The third kappa shape index (κ3) is 2.28. The van der Waals surface area contributed by atoms with Gasteiger partial charge in [0.1, 0.15) is 17.3 Å². The molecule has 0 bridgehead atoms. The van der Waals surface area contributed by atoms with E-state index in [0.29, 0.717) is 12.1 Å². The van der Waals surface area contributed by atoms with Crippen LogP contribution in [0.3, 0.4) is 0 Å². The number of ether oxygens (including phenoxy) is 1. The molecule has 116 valence electrons. The van der Waals surface area contributed by atoms with Gasteiger partial charge in [0, 0.05) is 10.4 Å². The fourth-order valence-corrected chi connectivity index (χ4v) is 2.09. The van der Waals surface area contributed by atoms with Gasteiger partial charge in [0.05, 0.1) is 11.1 Å². The molecule has 3 rings (SSSR count). The largest absolute Gasteiger partial charge is 0.457 e. The van der Waals surface area contributed by atoms with Crippen molar-refractivity contribution in [1.82, 2.24) is 0 Å². The number of alkyl halides is 6. The van der Waals surface area contributed by atoms with Gasteiger partial charge in [0.25, 0.3) is 0 Å². The summed E-state index contributed by atoms with van der Waals surface area (Å²) in [7, 11) is 0. The Hall–Kier alpha value is -2.25. The normalized spacial score (nSPS) is 13.2. The molecule has 2 aliphatic rings. The minimum atomic E-state index is -4.89. The zero-order chi connectivity index (χ0) is 16.3. The van der Waals surface area contributed by atoms with Crippen LogP contribution in [0.15, 0.2) is 30.3 Å². The van der Waals surface area contributed by atoms with E-state index in [9.17, 15) is 30.7 Å². The molecule has 8 heteroatoms. The Morgan fingerprint density at radius 3 is 1.86 bits per heavy atom. The fourth-order valence-electron chi connectivity index (χ4n) is 2.09. The van der Waals surface area contributed by atoms with E-state index >= 15 is 0 Å². The van der Waals surface area contributed by atoms with Crippen LogP contribution in [0.25, 0.3) is 0 Å². The zero-order valence-electron chi connectivity index (χ0n) is 10.4. The van der Waals surface area contributed by atoms with Crippen LogP contribution in [0.5, 0.6) is 11.5 Å². The molecular formula is C14H5F7O. The molecule has 1 aromatic rings. The van der Waals surface area contributed by atoms with Crippen LogP contribution in [0.1, 0.15) is 11.1 Å². The van der Waals surface area contributed by atoms with Crippen LogP contribution in [0.4, 0.5) is 30.7 Å². The molecule has 0 N–H and O–H groups in total. The van der Waals surface area contributed by atoms with Crippen molar-refractivity contribution in [3.63, 3.8) is 0 Å². The Kier molecular flexibility index (Phi) is 2.92. The maximum absolute atomic E-state index is 13.1. The number of rotatable bonds is 2. The molecular weight excluding hydrogens is 317 g/mol. The summed E-state index contributed by atoms with van der Waals surface area (Å²) in [4.78, 5) is 0. The maximum atomic E-state index is 13.1. The molecule has 1 aromatic carbocycles. The van der Waals surface area contributed by atoms with Crippen molar-refractivity contribution in [3.05, 3.63) is 57.7 Å². The smallest absolute Gasteiger partial charge is 0.419 e. The molecule has 0 saturated heterocycles. The second-order valence-corrected chi connectivity index (χ2v) is 4.63. The van der Waals surface area contributed by atoms with Gasteiger partial charge in [-0.1, -0.05) is 0 Å². The van der Waals surface area contributed by atoms with E-state index in [1.54, 1.807) is 0 Å². The van der Waals surface area contributed by atoms with Gasteiger partial charge >= 0.3 is 12.4 Å². The standard InChI is InChI=1S/C14H5F7O/c15-11-2-1-6(3-10(11)14(19,20)21)22-12-5-7-8(12)4-9(7)13(16,17)18/h1-5H. The van der Waals surface area contributed by atoms with Gasteiger partial charge in [0.15, 0.2) is 0 Å². The molecule has 0 atom stereocenters. The Labute approximate surface area is 118 Å². The molecule has 0 spiro atoms. The Bertz CT molecular complexity index is 849. The molecule has 0 fully saturated rings. The number of benzene rings is 2. The summed E-state index contributed by atoms with van der Waals surface area (Å²) >= 11 is 0. The van der Waals surface area contributed by atoms with Gasteiger partial charge in [0.2, 0.25) is 0 Å². The zero-order valence-corrected chi connectivity index (χ0v) is 10.4. The molecule has 1 nitrogen and oxygen atoms in total. The van der Waals surface area contributed by atoms with E-state index in [-0.39, 0.29) is 21.9 Å². The van der Waals surface area contributed by atoms with E-state index in [4.69, 9.17) is 4.74 Å². The third-order valence-corrected chi connectivity index (χ3v) is 3.19. The quantitative estimate of drug-likeness (QED) is 0.585. The molecule has 22 heavy (non-hydrogen) atoms. The second kappa shape index (κ2) is 4.37. The highest BCUT2D eigenvalue weighted by atomic mass is 19.4. The first-order valence-corrected chi connectivity index (χ1v) is 5.87. The number of hydrogen-bond acceptors (Lipinski definition) is 1. The van der Waals surface area contributed by atoms with Crippen molar-refractivity contribution in [2.45, 2.75) is 12.4 Å². The molecule has 2 aliphatic carbocycles. The van der Waals surface area contributed by atoms with Crippen LogP contribution in [0.2, 0.25) is 0 Å². The molecule has 0 unspecified atom stereocenters. The molecule has 0 aliphatic heterocycles. The van der Waals surface area contributed by atoms with Crippen LogP contribution in [-0.4, -0.2) is 0 Å². The predicted molar refractivity (Wildman–Crippen MR) is 60.6 cm³/mol. The van der Waals surface area contributed by atoms with Crippen molar-refractivity contribution in [1.29, 1.82) is 0 Å². The Balaban J connectivity index is 1.87. The molecule has 0 aromatic heterocycles. The number of hydrogen-bond donors (Lipinski definition) is 0. The maximum Gasteiger partial charge on any atom is 0.419 e. The monoisotopic (exact) mass is 322 g/mol. The van der Waals surface area contributed by atoms with Crippen LogP contribution in [-0.2, 0) is 12.4 Å². The lowest BCUT2D eigenvalue weighted by atomic mass is 9.97. The summed E-state index contributed by atoms with van der Waals surface area (Å²) in [6.45, 7) is 0. The molecule has 0 amide bonds. The summed E-state index contributed by atoms with van der Waals surface area (Å²) < 4.78 is 93.0. The first kappa shape index (κ1) is 14.7. The minimum absolute atomic E-state index is 0.0164. The molecule has 0 heterocycles. The van der Waals surface area contributed by atoms with Crippen LogP contribution < -0.4 is 4.74 Å². The van der Waals surface area contributed by atoms with Crippen molar-refractivity contribution in [3.8, 4) is 11.5 Å². The lowest BCUT2D eigenvalue weighted by Gasteiger charge is -2.19. The number of halogens is 7. The third-order valence-electron chi connectivity index (χ3n) is 3.19. The van der Waals surface area contributed by atoms with Gasteiger partial charge in [-0.25, -0.2) is 4.39 Å². The summed E-state index contributed by atoms with van der Waals surface area (Å²) in [5, 5.41) is 0.144. The van der Waals surface area contributed by atoms with Gasteiger partial charge in [-0.05, 0) is 30.3 Å². The first-order chi connectivity index (χ1) is 10.1. The van der Waals surface area contributed by atoms with E-state index < -0.39 is 29.3 Å². The van der Waals surface area contributed by atoms with Crippen molar-refractivity contribution < 1.29 is 35.5 Å². The lowest BCUT2D eigenvalue weighted by molar-refractivity contribution is -0.140. The van der Waals surface area contributed by atoms with Crippen molar-refractivity contribution in [2.24, 2.45) is 0 Å². The highest BCUT2D eigenvalue weighted by Gasteiger charge is 2.37. The average Bonchev–Trinajstić information content (AvgIpc) is 2.34. The van der Waals surface area contributed by atoms with E-state index in [1.165, 1.54) is 0 Å². The first-order valence-electron chi connectivity index (χ1n) is 5.87. The lowest BCUT2D eigenvalue weighted by Crippen LogP contribution is -2.12. The summed E-state index contributed by atoms with van der Waals surface area (Å²) in [5.41, 5.74) is -2.30. The van der Waals surface area contributed by atoms with Gasteiger partial charge < -0.3 is 4.74 Å². The topological polar surface area (TPSA) is 9.23 Å². The van der Waals surface area contributed by atoms with E-state index in [1.807, 2.05) is 0 Å². The Morgan fingerprint density at radius 2 is 1.36 bits per heavy atom. The highest BCUT2D eigenvalue weighted by Crippen LogP contribution is 2.41. The second-order valence-electron chi connectivity index (χ2n) is 4.63. The average molecular weight is 322 g/mol. The SMILES string of the molecule is Fc1ccc(Oc2cc3c(C(F)(F)F)cc2=3)cc1C(F)(F)F. The van der Waals surface area contributed by atoms with Gasteiger partial charge in [-0.15, -0.1) is 0 Å². The van der Waals surface area contributed by atoms with E-state index in [0.717, 1.165) is 18.2 Å². The minimum Gasteiger partial charge on any atom is -0.457 e. The Morgan fingerprint density at radius 1 is 0.727 bits per heavy atom. The van der Waals surface area contributed by atoms with Crippen molar-refractivity contribution >= 4 is 0 Å². The summed E-state index contributed by atoms with van der Waals surface area (Å²) in [6.07, 6.45) is -9.36. The van der Waals surface area contributed by atoms with Gasteiger partial charge in [-0.2, -0.15) is 26.3 Å². The van der Waals surface area contributed by atoms with Crippen LogP contribution >= 0.6 is 0 Å². The fraction of sp³-hybridized carbons (Fsp3) is 0.143. The highest BCUT2D eigenvalue weighted by molar-refractivity contribution is 5.48. The predicted octanol–water partition coefficient (Wildman–Crippen LogP) is 5.26. The van der Waals surface area contributed by atoms with Crippen LogP contribution in [0, 0.1) is 16.3 Å². The molecule has 0 radical (unpaired) electrons. The summed E-state index contributed by atoms with van der Waals surface area (Å²) in [5.74, 6) is -1.74. The van der Waals surface area contributed by atoms with Crippen molar-refractivity contribution in [2.75, 3.05) is 0 Å². The van der Waals surface area contributed by atoms with Gasteiger partial charge in [-0.3, -0.25) is 0 Å². The molecule has 0 saturated carbocycles. The summed E-state index contributed by atoms with van der Waals surface area (Å²) in [6, 6.07) is 3.94. The van der Waals surface area contributed by atoms with E-state index in [2.05, 4.69) is 0 Å².